The molecule has 1 aliphatic rings. The zero-order valence-electron chi connectivity index (χ0n) is 32.6. The fourth-order valence-corrected chi connectivity index (χ4v) is 8.70. The molecule has 0 amide bonds. The van der Waals surface area contributed by atoms with Crippen molar-refractivity contribution in [2.45, 2.75) is 134 Å². The molecule has 1 aliphatic heterocycles. The van der Waals surface area contributed by atoms with Crippen molar-refractivity contribution in [2.75, 3.05) is 0 Å². The molecule has 0 aromatic heterocycles. The van der Waals surface area contributed by atoms with Gasteiger partial charge in [-0.15, -0.1) is 0 Å². The van der Waals surface area contributed by atoms with Crippen molar-refractivity contribution < 1.29 is 22.7 Å². The van der Waals surface area contributed by atoms with Crippen molar-refractivity contribution in [2.24, 2.45) is 0 Å². The number of allylic oxidation sites excluding steroid dienone is 2. The Morgan fingerprint density at radius 1 is 0.423 bits per heavy atom. The summed E-state index contributed by atoms with van der Waals surface area (Å²) >= 11 is 0.891. The number of hydrogen-bond acceptors (Lipinski definition) is 0. The van der Waals surface area contributed by atoms with Crippen LogP contribution in [0.4, 0.5) is 0 Å². The van der Waals surface area contributed by atoms with E-state index < -0.39 is 0 Å². The Labute approximate surface area is 325 Å². The molecule has 2 nitrogen and oxygen atoms in total. The minimum atomic E-state index is 0.891. The van der Waals surface area contributed by atoms with Crippen LogP contribution in [0.1, 0.15) is 132 Å². The number of hydrogen-bond donors (Lipinski definition) is 0. The summed E-state index contributed by atoms with van der Waals surface area (Å²) in [6.45, 7) is 9.01. The third kappa shape index (κ3) is 13.2. The van der Waals surface area contributed by atoms with Crippen molar-refractivity contribution in [3.8, 4) is 0 Å². The van der Waals surface area contributed by atoms with Crippen molar-refractivity contribution in [3.63, 3.8) is 0 Å². The molecule has 52 heavy (non-hydrogen) atoms. The van der Waals surface area contributed by atoms with Crippen LogP contribution in [0.2, 0.25) is 9.79 Å². The van der Waals surface area contributed by atoms with Gasteiger partial charge in [0.1, 0.15) is 0 Å². The van der Waals surface area contributed by atoms with Crippen LogP contribution in [0.25, 0.3) is 16.9 Å². The van der Waals surface area contributed by atoms with E-state index in [9.17, 15) is 5.53 Å². The number of aryl methyl sites for hydroxylation is 4. The summed E-state index contributed by atoms with van der Waals surface area (Å²) in [5.74, 6) is 0. The summed E-state index contributed by atoms with van der Waals surface area (Å²) < 4.78 is 1.55. The molecule has 5 rings (SSSR count). The van der Waals surface area contributed by atoms with Gasteiger partial charge in [0.05, 0.1) is 0 Å². The van der Waals surface area contributed by atoms with Crippen LogP contribution in [0.3, 0.4) is 0 Å². The van der Waals surface area contributed by atoms with Gasteiger partial charge < -0.3 is 5.53 Å². The Hall–Kier alpha value is -3.38. The zero-order chi connectivity index (χ0) is 36.8. The molecule has 0 unspecified atom stereocenters. The second-order valence-electron chi connectivity index (χ2n) is 14.1. The molecule has 280 valence electrons. The normalized spacial score (nSPS) is 12.8. The summed E-state index contributed by atoms with van der Waals surface area (Å²) in [7, 11) is 0. The van der Waals surface area contributed by atoms with E-state index in [2.05, 4.69) is 137 Å². The molecule has 4 aromatic rings. The van der Waals surface area contributed by atoms with Gasteiger partial charge in [0.25, 0.3) is 0 Å². The molecular formula is C49H64N2Pd. The van der Waals surface area contributed by atoms with E-state index in [4.69, 9.17) is 0 Å². The first-order valence-electron chi connectivity index (χ1n) is 20.3. The second kappa shape index (κ2) is 24.0. The molecule has 0 saturated heterocycles. The van der Waals surface area contributed by atoms with E-state index in [1.807, 2.05) is 0 Å². The molecule has 0 bridgehead atoms. The summed E-state index contributed by atoms with van der Waals surface area (Å²) in [5.41, 5.74) is 24.5. The molecule has 4 aromatic carbocycles. The third-order valence-corrected chi connectivity index (χ3v) is 11.7. The summed E-state index contributed by atoms with van der Waals surface area (Å²) in [5, 5.41) is 0. The van der Waals surface area contributed by atoms with Gasteiger partial charge in [0, 0.05) is 22.3 Å². The molecular weight excluding hydrogens is 723 g/mol. The van der Waals surface area contributed by atoms with Crippen LogP contribution in [-0.4, -0.2) is 4.70 Å². The average molecular weight is 787 g/mol. The van der Waals surface area contributed by atoms with Crippen LogP contribution in [0.15, 0.2) is 120 Å². The summed E-state index contributed by atoms with van der Waals surface area (Å²) in [6, 6.07) is 39.4. The van der Waals surface area contributed by atoms with Gasteiger partial charge >= 0.3 is 112 Å². The van der Waals surface area contributed by atoms with E-state index in [1.165, 1.54) is 94.6 Å². The number of nitrogens with zero attached hydrogens (tertiary/aromatic N) is 2. The second-order valence-corrected chi connectivity index (χ2v) is 16.4. The quantitative estimate of drug-likeness (QED) is 0.0457. The fourth-order valence-electron chi connectivity index (χ4n) is 6.86. The third-order valence-electron chi connectivity index (χ3n) is 9.85. The molecule has 0 N–H and O–H groups in total. The maximum absolute atomic E-state index is 11.8. The topological polar surface area (TPSA) is 25.3 Å². The standard InChI is InChI=1S/C33H46N2.2C8H9.Pd/c1-5-9-13-23-31-30(22-12-8-4)32(28-20-14-18-26(24-28)16-10-6-2)35(34)33(31)29-21-15-19-27(25-29)17-11-7-3;2*1-2-8-6-4-3-5-7-8;/h14-15,18-21,24-25H,5-13,16-17,22-23H2,1-4H3;2*3-7H,1-2H2;. The van der Waals surface area contributed by atoms with Crippen LogP contribution in [-0.2, 0) is 43.7 Å². The van der Waals surface area contributed by atoms with Gasteiger partial charge in [-0.3, -0.25) is 0 Å². The molecule has 0 saturated carbocycles. The minimum absolute atomic E-state index is 0.891. The monoisotopic (exact) mass is 786 g/mol. The van der Waals surface area contributed by atoms with Crippen molar-refractivity contribution >= 4 is 11.4 Å². The molecule has 0 fully saturated rings. The summed E-state index contributed by atoms with van der Waals surface area (Å²) in [6.07, 6.45) is 17.4. The molecule has 1 heterocycles. The number of benzene rings is 4. The first-order valence-corrected chi connectivity index (χ1v) is 22.5. The van der Waals surface area contributed by atoms with Gasteiger partial charge in [-0.25, -0.2) is 4.70 Å². The average Bonchev–Trinajstić information content (AvgIpc) is 3.46. The van der Waals surface area contributed by atoms with Gasteiger partial charge in [0.15, 0.2) is 0 Å². The molecule has 0 aliphatic carbocycles. The van der Waals surface area contributed by atoms with E-state index in [1.54, 1.807) is 4.70 Å². The van der Waals surface area contributed by atoms with Crippen molar-refractivity contribution in [3.05, 3.63) is 159 Å². The molecule has 0 atom stereocenters. The number of unbranched alkanes of at least 4 members (excludes halogenated alkanes) is 5. The van der Waals surface area contributed by atoms with E-state index in [0.717, 1.165) is 85.4 Å². The summed E-state index contributed by atoms with van der Waals surface area (Å²) in [4.78, 5) is 2.70. The number of rotatable bonds is 21. The van der Waals surface area contributed by atoms with E-state index in [-0.39, 0.29) is 0 Å². The predicted octanol–water partition coefficient (Wildman–Crippen LogP) is 14.7. The SMILES string of the molecule is CCCCCC1=C(c2cccc(CCCC)c2)[N+](=[N-])C(c2cccc(CCCC)c2)=C1CCCC.c1ccc(C[CH2][Pd][CH2]Cc2ccccc2)cc1. The van der Waals surface area contributed by atoms with Crippen LogP contribution >= 0.6 is 0 Å². The molecule has 3 heteroatoms. The Morgan fingerprint density at radius 2 is 0.827 bits per heavy atom. The van der Waals surface area contributed by atoms with Crippen LogP contribution in [0, 0.1) is 0 Å². The van der Waals surface area contributed by atoms with Gasteiger partial charge in [-0.1, -0.05) is 84.1 Å². The van der Waals surface area contributed by atoms with Crippen LogP contribution in [0.5, 0.6) is 0 Å². The Bertz CT molecular complexity index is 1640. The molecule has 0 spiro atoms. The van der Waals surface area contributed by atoms with E-state index >= 15 is 0 Å². The Balaban J connectivity index is 0.000000296. The van der Waals surface area contributed by atoms with Gasteiger partial charge in [-0.2, -0.15) is 0 Å². The Kier molecular flexibility index (Phi) is 19.1. The molecule has 0 radical (unpaired) electrons. The van der Waals surface area contributed by atoms with Gasteiger partial charge in [-0.05, 0) is 86.8 Å². The zero-order valence-corrected chi connectivity index (χ0v) is 34.2. The van der Waals surface area contributed by atoms with Gasteiger partial charge in [0.2, 0.25) is 11.4 Å². The first-order chi connectivity index (χ1) is 25.6. The van der Waals surface area contributed by atoms with Crippen molar-refractivity contribution in [1.82, 2.24) is 0 Å². The first kappa shape index (κ1) is 41.4. The van der Waals surface area contributed by atoms with Crippen molar-refractivity contribution in [1.29, 1.82) is 0 Å². The van der Waals surface area contributed by atoms with E-state index in [0.29, 0.717) is 0 Å². The Morgan fingerprint density at radius 3 is 1.27 bits per heavy atom. The fraction of sp³-hybridized carbons (Fsp3) is 0.429. The van der Waals surface area contributed by atoms with Crippen LogP contribution < -0.4 is 0 Å². The predicted molar refractivity (Wildman–Crippen MR) is 221 cm³/mol. The maximum atomic E-state index is 11.8.